The third-order valence-electron chi connectivity index (χ3n) is 7.05. The van der Waals surface area contributed by atoms with Crippen LogP contribution in [0.2, 0.25) is 0 Å². The van der Waals surface area contributed by atoms with Crippen molar-refractivity contribution in [3.63, 3.8) is 0 Å². The molecule has 5 aliphatic heterocycles. The molecule has 0 spiro atoms. The van der Waals surface area contributed by atoms with Crippen molar-refractivity contribution < 1.29 is 13.7 Å². The fraction of sp³-hybridized carbons (Fsp3) is 0.700. The molecule has 5 nitrogen and oxygen atoms in total. The first kappa shape index (κ1) is 16.2. The van der Waals surface area contributed by atoms with E-state index in [4.69, 9.17) is 9.47 Å². The highest BCUT2D eigenvalue weighted by Crippen LogP contribution is 2.46. The van der Waals surface area contributed by atoms with Crippen LogP contribution >= 0.6 is 0 Å². The summed E-state index contributed by atoms with van der Waals surface area (Å²) in [6, 6.07) is 7.77. The van der Waals surface area contributed by atoms with Crippen LogP contribution in [0, 0.1) is 0 Å². The summed E-state index contributed by atoms with van der Waals surface area (Å²) in [6.07, 6.45) is 5.61. The minimum absolute atomic E-state index is 0.0667. The smallest absolute Gasteiger partial charge is 0.110 e. The molecule has 4 saturated heterocycles. The Bertz CT molecular complexity index is 761. The number of hydrogen-bond acceptors (Lipinski definition) is 5. The Morgan fingerprint density at radius 2 is 2.15 bits per heavy atom. The second-order valence-electron chi connectivity index (χ2n) is 8.61. The summed E-state index contributed by atoms with van der Waals surface area (Å²) in [6.45, 7) is 1.71. The number of morpholine rings is 2. The van der Waals surface area contributed by atoms with E-state index in [2.05, 4.69) is 28.8 Å². The molecule has 1 aromatic carbocycles. The lowest BCUT2D eigenvalue weighted by atomic mass is 9.88. The molecule has 7 atom stereocenters. The Morgan fingerprint density at radius 1 is 1.23 bits per heavy atom. The molecule has 26 heavy (non-hydrogen) atoms. The normalized spacial score (nSPS) is 46.5. The Hall–Kier alpha value is -0.790. The van der Waals surface area contributed by atoms with Gasteiger partial charge in [0.1, 0.15) is 11.7 Å². The molecule has 6 rings (SSSR count). The quantitative estimate of drug-likeness (QED) is 0.820. The van der Waals surface area contributed by atoms with Gasteiger partial charge in [-0.15, -0.1) is 0 Å². The van der Waals surface area contributed by atoms with Gasteiger partial charge in [-0.05, 0) is 49.3 Å². The van der Waals surface area contributed by atoms with Crippen molar-refractivity contribution in [3.05, 3.63) is 29.3 Å². The van der Waals surface area contributed by atoms with Gasteiger partial charge in [0.25, 0.3) is 0 Å². The lowest BCUT2D eigenvalue weighted by Crippen LogP contribution is -2.61. The molecule has 0 saturated carbocycles. The van der Waals surface area contributed by atoms with E-state index >= 15 is 0 Å². The number of hydrogen-bond donors (Lipinski definition) is 2. The molecule has 0 radical (unpaired) electrons. The Balaban J connectivity index is 1.33. The molecule has 6 heteroatoms. The zero-order valence-corrected chi connectivity index (χ0v) is 15.7. The van der Waals surface area contributed by atoms with E-state index < -0.39 is 10.8 Å². The van der Waals surface area contributed by atoms with Crippen LogP contribution in [0.25, 0.3) is 0 Å². The zero-order valence-electron chi connectivity index (χ0n) is 14.9. The maximum atomic E-state index is 12.3. The van der Waals surface area contributed by atoms with E-state index in [1.54, 1.807) is 0 Å². The van der Waals surface area contributed by atoms with Crippen molar-refractivity contribution in [1.82, 2.24) is 10.6 Å². The van der Waals surface area contributed by atoms with Gasteiger partial charge in [0.05, 0.1) is 23.5 Å². The molecule has 2 N–H and O–H groups in total. The SMILES string of the molecule is O=S1CCCc2cc(C3OC(C45CNC(CO4)C5)C4CCC3N4)ccc21. The summed E-state index contributed by atoms with van der Waals surface area (Å²) in [5.74, 6) is 0.800. The summed E-state index contributed by atoms with van der Waals surface area (Å²) in [5, 5.41) is 7.43. The first-order valence-electron chi connectivity index (χ1n) is 10.0. The van der Waals surface area contributed by atoms with Gasteiger partial charge >= 0.3 is 0 Å². The highest BCUT2D eigenvalue weighted by molar-refractivity contribution is 7.85. The summed E-state index contributed by atoms with van der Waals surface area (Å²) < 4.78 is 25.3. The third kappa shape index (κ3) is 2.32. The average Bonchev–Trinajstić information content (AvgIpc) is 3.38. The van der Waals surface area contributed by atoms with E-state index in [1.165, 1.54) is 11.1 Å². The summed E-state index contributed by atoms with van der Waals surface area (Å²) in [7, 11) is -0.827. The van der Waals surface area contributed by atoms with E-state index in [1.807, 2.05) is 0 Å². The van der Waals surface area contributed by atoms with Crippen LogP contribution in [0.4, 0.5) is 0 Å². The van der Waals surface area contributed by atoms with E-state index in [9.17, 15) is 4.21 Å². The standard InChI is InChI=1S/C20H26N2O3S/c23-26-7-1-2-12-8-13(3-6-17(12)26)18-15-4-5-16(22-15)19(25-18)20-9-14(10-24-20)21-11-20/h3,6,8,14-16,18-19,21-22H,1-2,4-5,7,9-11H2. The van der Waals surface area contributed by atoms with Gasteiger partial charge in [0, 0.05) is 35.3 Å². The highest BCUT2D eigenvalue weighted by atomic mass is 32.2. The molecule has 4 bridgehead atoms. The molecule has 0 aromatic heterocycles. The molecule has 5 heterocycles. The molecule has 7 unspecified atom stereocenters. The van der Waals surface area contributed by atoms with Crippen LogP contribution in [0.15, 0.2) is 23.1 Å². The van der Waals surface area contributed by atoms with Crippen LogP contribution < -0.4 is 10.6 Å². The van der Waals surface area contributed by atoms with Gasteiger partial charge < -0.3 is 20.1 Å². The minimum Gasteiger partial charge on any atom is -0.369 e. The molecule has 0 amide bonds. The van der Waals surface area contributed by atoms with Gasteiger partial charge in [-0.1, -0.05) is 12.1 Å². The molecular weight excluding hydrogens is 348 g/mol. The van der Waals surface area contributed by atoms with Gasteiger partial charge in [-0.2, -0.15) is 0 Å². The highest BCUT2D eigenvalue weighted by Gasteiger charge is 2.58. The molecule has 0 aliphatic carbocycles. The topological polar surface area (TPSA) is 59.6 Å². The van der Waals surface area contributed by atoms with Gasteiger partial charge in [0.2, 0.25) is 0 Å². The maximum absolute atomic E-state index is 12.3. The van der Waals surface area contributed by atoms with E-state index in [-0.39, 0.29) is 17.8 Å². The van der Waals surface area contributed by atoms with E-state index in [0.717, 1.165) is 55.9 Å². The number of rotatable bonds is 2. The van der Waals surface area contributed by atoms with Crippen LogP contribution in [0.5, 0.6) is 0 Å². The average molecular weight is 375 g/mol. The van der Waals surface area contributed by atoms with E-state index in [0.29, 0.717) is 18.1 Å². The molecular formula is C20H26N2O3S. The Morgan fingerprint density at radius 3 is 2.96 bits per heavy atom. The van der Waals surface area contributed by atoms with Crippen LogP contribution in [-0.2, 0) is 26.7 Å². The first-order chi connectivity index (χ1) is 12.7. The second kappa shape index (κ2) is 5.85. The predicted molar refractivity (Wildman–Crippen MR) is 98.7 cm³/mol. The third-order valence-corrected chi connectivity index (χ3v) is 8.60. The lowest BCUT2D eigenvalue weighted by Gasteiger charge is -2.45. The number of ether oxygens (including phenoxy) is 2. The van der Waals surface area contributed by atoms with Crippen LogP contribution in [0.1, 0.15) is 42.9 Å². The number of nitrogens with one attached hydrogen (secondary N) is 2. The monoisotopic (exact) mass is 374 g/mol. The minimum atomic E-state index is -0.827. The Labute approximate surface area is 156 Å². The predicted octanol–water partition coefficient (Wildman–Crippen LogP) is 1.43. The van der Waals surface area contributed by atoms with Gasteiger partial charge in [-0.3, -0.25) is 4.21 Å². The molecule has 5 aliphatic rings. The van der Waals surface area contributed by atoms with Gasteiger partial charge in [-0.25, -0.2) is 0 Å². The number of aryl methyl sites for hydroxylation is 1. The summed E-state index contributed by atoms with van der Waals surface area (Å²) >= 11 is 0. The number of fused-ring (bicyclic) bond motifs is 5. The fourth-order valence-electron chi connectivity index (χ4n) is 5.80. The first-order valence-corrected chi connectivity index (χ1v) is 11.3. The molecule has 1 aromatic rings. The second-order valence-corrected chi connectivity index (χ2v) is 10.2. The molecule has 140 valence electrons. The van der Waals surface area contributed by atoms with Crippen molar-refractivity contribution in [2.75, 3.05) is 18.9 Å². The van der Waals surface area contributed by atoms with Crippen molar-refractivity contribution in [1.29, 1.82) is 0 Å². The van der Waals surface area contributed by atoms with Gasteiger partial charge in [0.15, 0.2) is 0 Å². The fourth-order valence-corrected chi connectivity index (χ4v) is 7.10. The van der Waals surface area contributed by atoms with Crippen LogP contribution in [0.3, 0.4) is 0 Å². The van der Waals surface area contributed by atoms with Crippen molar-refractivity contribution in [2.45, 2.75) is 72.9 Å². The maximum Gasteiger partial charge on any atom is 0.110 e. The summed E-state index contributed by atoms with van der Waals surface area (Å²) in [5.41, 5.74) is 2.33. The molecule has 4 fully saturated rings. The lowest BCUT2D eigenvalue weighted by molar-refractivity contribution is -0.173. The van der Waals surface area contributed by atoms with Crippen LogP contribution in [-0.4, -0.2) is 52.9 Å². The largest absolute Gasteiger partial charge is 0.369 e. The van der Waals surface area contributed by atoms with Crippen molar-refractivity contribution in [3.8, 4) is 0 Å². The zero-order chi connectivity index (χ0) is 17.3. The Kier molecular flexibility index (Phi) is 3.64. The summed E-state index contributed by atoms with van der Waals surface area (Å²) in [4.78, 5) is 1.03. The number of benzene rings is 1. The van der Waals surface area contributed by atoms with Crippen molar-refractivity contribution >= 4 is 10.8 Å². The van der Waals surface area contributed by atoms with Crippen molar-refractivity contribution in [2.24, 2.45) is 0 Å².